The molecule has 3 rings (SSSR count). The fraction of sp³-hybridized carbons (Fsp3) is 0.710. The highest BCUT2D eigenvalue weighted by molar-refractivity contribution is 5.75. The van der Waals surface area contributed by atoms with Crippen molar-refractivity contribution in [3.63, 3.8) is 0 Å². The number of aliphatic hydroxyl groups excluding tert-OH is 1. The Balaban J connectivity index is 1.65. The van der Waals surface area contributed by atoms with Crippen molar-refractivity contribution in [1.82, 2.24) is 4.90 Å². The molecule has 1 aromatic heterocycles. The highest BCUT2D eigenvalue weighted by Gasteiger charge is 2.28. The van der Waals surface area contributed by atoms with Crippen LogP contribution in [0.5, 0.6) is 0 Å². The molecule has 2 heterocycles. The number of aromatic nitrogens is 1. The van der Waals surface area contributed by atoms with Crippen LogP contribution in [-0.2, 0) is 25.6 Å². The molecule has 7 heteroatoms. The molecule has 0 bridgehead atoms. The molecule has 1 N–H and O–H groups in total. The maximum absolute atomic E-state index is 13.0. The molecule has 1 aliphatic carbocycles. The van der Waals surface area contributed by atoms with Gasteiger partial charge in [-0.1, -0.05) is 50.7 Å². The van der Waals surface area contributed by atoms with Crippen LogP contribution in [0.1, 0.15) is 102 Å². The molecule has 212 valence electrons. The summed E-state index contributed by atoms with van der Waals surface area (Å²) in [5.41, 5.74) is 2.27. The lowest BCUT2D eigenvalue weighted by molar-refractivity contribution is -0.686. The average molecular weight is 530 g/mol. The number of carbonyl (C=O) groups is 2. The fourth-order valence-corrected chi connectivity index (χ4v) is 5.92. The molecule has 1 saturated carbocycles. The Morgan fingerprint density at radius 2 is 2.00 bits per heavy atom. The topological polar surface area (TPSA) is 80.0 Å². The van der Waals surface area contributed by atoms with Crippen molar-refractivity contribution in [3.05, 3.63) is 41.7 Å². The van der Waals surface area contributed by atoms with Crippen LogP contribution in [0.2, 0.25) is 0 Å². The van der Waals surface area contributed by atoms with Crippen molar-refractivity contribution in [2.24, 2.45) is 5.92 Å². The molecular formula is C31H49N2O5+. The Bertz CT molecular complexity index is 917. The minimum Gasteiger partial charge on any atom is -0.469 e. The third kappa shape index (κ3) is 9.19. The molecule has 0 aromatic carbocycles. The second-order valence-corrected chi connectivity index (χ2v) is 11.1. The van der Waals surface area contributed by atoms with Gasteiger partial charge in [0.25, 0.3) is 0 Å². The van der Waals surface area contributed by atoms with Gasteiger partial charge in [0, 0.05) is 17.7 Å². The van der Waals surface area contributed by atoms with Gasteiger partial charge in [-0.15, -0.1) is 0 Å². The van der Waals surface area contributed by atoms with Gasteiger partial charge in [-0.2, -0.15) is 4.57 Å². The van der Waals surface area contributed by atoms with Crippen LogP contribution in [0, 0.1) is 5.92 Å². The number of esters is 2. The molecule has 38 heavy (non-hydrogen) atoms. The van der Waals surface area contributed by atoms with E-state index in [1.807, 2.05) is 29.1 Å². The summed E-state index contributed by atoms with van der Waals surface area (Å²) in [5.74, 6) is -0.767. The van der Waals surface area contributed by atoms with E-state index in [0.717, 1.165) is 76.3 Å². The highest BCUT2D eigenvalue weighted by atomic mass is 16.6. The zero-order valence-electron chi connectivity index (χ0n) is 23.8. The Kier molecular flexibility index (Phi) is 12.7. The SMILES string of the molecule is CCCCCC(OC(=O)C[n+]1cccc(C2CCCN2C)c1)C(O)CC=C1CCCCCCC1C(=O)OC. The first kappa shape index (κ1) is 30.3. The molecule has 2 fully saturated rings. The van der Waals surface area contributed by atoms with Crippen molar-refractivity contribution >= 4 is 11.9 Å². The largest absolute Gasteiger partial charge is 0.469 e. The van der Waals surface area contributed by atoms with Gasteiger partial charge in [-0.3, -0.25) is 9.69 Å². The Hall–Kier alpha value is -2.25. The molecule has 4 unspecified atom stereocenters. The standard InChI is InChI=1S/C31H49N2O5/c1-4-5-8-17-29(28(34)19-18-24-13-9-6-7-10-15-26(24)31(36)37-3)38-30(35)23-33-21-11-14-25(22-33)27-16-12-20-32(27)2/h11,14,18,21-22,26-29,34H,4-10,12-13,15-17,19-20,23H2,1-3H3/q+1. The number of hydrogen-bond acceptors (Lipinski definition) is 6. The van der Waals surface area contributed by atoms with E-state index in [1.54, 1.807) is 0 Å². The molecular weight excluding hydrogens is 480 g/mol. The predicted octanol–water partition coefficient (Wildman–Crippen LogP) is 5.05. The summed E-state index contributed by atoms with van der Waals surface area (Å²) in [4.78, 5) is 27.8. The minimum absolute atomic E-state index is 0.118. The fourth-order valence-electron chi connectivity index (χ4n) is 5.92. The van der Waals surface area contributed by atoms with Crippen LogP contribution in [0.15, 0.2) is 36.2 Å². The molecule has 2 aliphatic rings. The highest BCUT2D eigenvalue weighted by Crippen LogP contribution is 2.30. The summed E-state index contributed by atoms with van der Waals surface area (Å²) < 4.78 is 12.8. The number of nitrogens with zero attached hydrogens (tertiary/aromatic N) is 2. The number of hydrogen-bond donors (Lipinski definition) is 1. The number of methoxy groups -OCH3 is 1. The van der Waals surface area contributed by atoms with E-state index in [1.165, 1.54) is 19.1 Å². The number of rotatable bonds is 12. The van der Waals surface area contributed by atoms with Crippen LogP contribution < -0.4 is 4.57 Å². The first-order chi connectivity index (χ1) is 18.4. The number of likely N-dealkylation sites (tertiary alicyclic amines) is 1. The average Bonchev–Trinajstić information content (AvgIpc) is 3.33. The second-order valence-electron chi connectivity index (χ2n) is 11.1. The van der Waals surface area contributed by atoms with Gasteiger partial charge >= 0.3 is 11.9 Å². The van der Waals surface area contributed by atoms with Crippen LogP contribution in [0.25, 0.3) is 0 Å². The number of unbranched alkanes of at least 4 members (excludes halogenated alkanes) is 2. The van der Waals surface area contributed by atoms with Crippen molar-refractivity contribution in [3.8, 4) is 0 Å². The maximum Gasteiger partial charge on any atom is 0.373 e. The minimum atomic E-state index is -0.810. The molecule has 0 spiro atoms. The third-order valence-electron chi connectivity index (χ3n) is 8.17. The molecule has 1 saturated heterocycles. The lowest BCUT2D eigenvalue weighted by atomic mass is 9.85. The van der Waals surface area contributed by atoms with Gasteiger partial charge in [0.2, 0.25) is 6.54 Å². The molecule has 7 nitrogen and oxygen atoms in total. The van der Waals surface area contributed by atoms with Gasteiger partial charge in [0.15, 0.2) is 12.4 Å². The normalized spacial score (nSPS) is 23.4. The maximum atomic E-state index is 13.0. The van der Waals surface area contributed by atoms with Gasteiger partial charge in [-0.05, 0) is 71.0 Å². The first-order valence-electron chi connectivity index (χ1n) is 14.8. The van der Waals surface area contributed by atoms with E-state index in [0.29, 0.717) is 18.9 Å². The Labute approximate surface area is 229 Å². The van der Waals surface area contributed by atoms with Gasteiger partial charge in [0.1, 0.15) is 6.10 Å². The van der Waals surface area contributed by atoms with E-state index >= 15 is 0 Å². The second kappa shape index (κ2) is 16.0. The quantitative estimate of drug-likeness (QED) is 0.177. The van der Waals surface area contributed by atoms with Gasteiger partial charge in [0.05, 0.1) is 19.1 Å². The van der Waals surface area contributed by atoms with Crippen LogP contribution in [-0.4, -0.2) is 54.9 Å². The zero-order valence-corrected chi connectivity index (χ0v) is 23.8. The molecule has 0 radical (unpaired) electrons. The lowest BCUT2D eigenvalue weighted by Gasteiger charge is -2.24. The van der Waals surface area contributed by atoms with Gasteiger partial charge < -0.3 is 14.6 Å². The molecule has 4 atom stereocenters. The van der Waals surface area contributed by atoms with Crippen LogP contribution in [0.4, 0.5) is 0 Å². The number of carbonyl (C=O) groups excluding carboxylic acids is 2. The molecule has 1 aromatic rings. The summed E-state index contributed by atoms with van der Waals surface area (Å²) in [5, 5.41) is 11.1. The van der Waals surface area contributed by atoms with Crippen LogP contribution in [0.3, 0.4) is 0 Å². The van der Waals surface area contributed by atoms with Crippen LogP contribution >= 0.6 is 0 Å². The van der Waals surface area contributed by atoms with Crippen molar-refractivity contribution in [2.75, 3.05) is 20.7 Å². The summed E-state index contributed by atoms with van der Waals surface area (Å²) >= 11 is 0. The number of ether oxygens (including phenoxy) is 2. The molecule has 1 aliphatic heterocycles. The summed E-state index contributed by atoms with van der Waals surface area (Å²) in [6.07, 6.45) is 16.8. The monoisotopic (exact) mass is 529 g/mol. The van der Waals surface area contributed by atoms with E-state index in [-0.39, 0.29) is 24.4 Å². The third-order valence-corrected chi connectivity index (χ3v) is 8.17. The zero-order chi connectivity index (χ0) is 27.3. The van der Waals surface area contributed by atoms with E-state index in [4.69, 9.17) is 9.47 Å². The summed E-state index contributed by atoms with van der Waals surface area (Å²) in [6, 6.07) is 4.49. The summed E-state index contributed by atoms with van der Waals surface area (Å²) in [6.45, 7) is 3.34. The van der Waals surface area contributed by atoms with Crippen molar-refractivity contribution < 1.29 is 28.7 Å². The van der Waals surface area contributed by atoms with E-state index in [2.05, 4.69) is 24.9 Å². The number of aliphatic hydroxyl groups is 1. The Morgan fingerprint density at radius 1 is 1.18 bits per heavy atom. The van der Waals surface area contributed by atoms with Crippen molar-refractivity contribution in [2.45, 2.75) is 115 Å². The number of pyridine rings is 1. The summed E-state index contributed by atoms with van der Waals surface area (Å²) in [7, 11) is 3.58. The smallest absolute Gasteiger partial charge is 0.373 e. The van der Waals surface area contributed by atoms with E-state index < -0.39 is 12.2 Å². The van der Waals surface area contributed by atoms with E-state index in [9.17, 15) is 14.7 Å². The van der Waals surface area contributed by atoms with Gasteiger partial charge in [-0.25, -0.2) is 4.79 Å². The lowest BCUT2D eigenvalue weighted by Crippen LogP contribution is -2.41. The van der Waals surface area contributed by atoms with Crippen molar-refractivity contribution in [1.29, 1.82) is 0 Å². The first-order valence-corrected chi connectivity index (χ1v) is 14.8. The Morgan fingerprint density at radius 3 is 2.74 bits per heavy atom. The molecule has 0 amide bonds. The predicted molar refractivity (Wildman–Crippen MR) is 147 cm³/mol.